The minimum Gasteiger partial charge on any atom is -0.478 e. The van der Waals surface area contributed by atoms with Gasteiger partial charge >= 0.3 is 12.1 Å². The number of carbonyl (C=O) groups is 1. The van der Waals surface area contributed by atoms with E-state index in [4.69, 9.17) is 16.7 Å². The van der Waals surface area contributed by atoms with Crippen molar-refractivity contribution >= 4 is 40.1 Å². The van der Waals surface area contributed by atoms with Gasteiger partial charge in [-0.3, -0.25) is 0 Å². The highest BCUT2D eigenvalue weighted by Crippen LogP contribution is 2.29. The lowest BCUT2D eigenvalue weighted by atomic mass is 10.0. The Morgan fingerprint density at radius 2 is 1.86 bits per heavy atom. The van der Waals surface area contributed by atoms with E-state index in [1.165, 1.54) is 24.4 Å². The fourth-order valence-electron chi connectivity index (χ4n) is 3.61. The maximum atomic E-state index is 12.4. The minimum atomic E-state index is -4.45. The number of halogens is 4. The number of nitrogens with zero attached hydrogens (tertiary/aromatic N) is 3. The third kappa shape index (κ3) is 5.85. The Hall–Kier alpha value is -4.29. The number of rotatable bonds is 7. The van der Waals surface area contributed by atoms with Crippen LogP contribution < -0.4 is 4.74 Å². The Labute approximate surface area is 208 Å². The Balaban J connectivity index is 1.65. The van der Waals surface area contributed by atoms with Crippen LogP contribution in [0.2, 0.25) is 5.02 Å². The number of alkyl halides is 3. The summed E-state index contributed by atoms with van der Waals surface area (Å²) in [6.07, 6.45) is 0.517. The second-order valence-electron chi connectivity index (χ2n) is 7.83. The largest absolute Gasteiger partial charge is 0.478 e. The van der Waals surface area contributed by atoms with E-state index in [1.54, 1.807) is 36.4 Å². The number of benzene rings is 2. The molecule has 6 nitrogen and oxygen atoms in total. The molecular formula is C26H17ClF3N3O3. The van der Waals surface area contributed by atoms with E-state index in [-0.39, 0.29) is 11.4 Å². The monoisotopic (exact) mass is 511 g/mol. The van der Waals surface area contributed by atoms with Gasteiger partial charge in [0.05, 0.1) is 22.7 Å². The van der Waals surface area contributed by atoms with Crippen molar-refractivity contribution < 1.29 is 27.8 Å². The molecule has 1 N–H and O–H groups in total. The van der Waals surface area contributed by atoms with Crippen LogP contribution >= 0.6 is 11.6 Å². The summed E-state index contributed by atoms with van der Waals surface area (Å²) in [4.78, 5) is 15.1. The molecule has 36 heavy (non-hydrogen) atoms. The highest BCUT2D eigenvalue weighted by molar-refractivity contribution is 6.31. The van der Waals surface area contributed by atoms with Crippen molar-refractivity contribution in [2.24, 2.45) is 0 Å². The third-order valence-electron chi connectivity index (χ3n) is 5.27. The molecule has 0 aliphatic rings. The van der Waals surface area contributed by atoms with E-state index in [0.717, 1.165) is 16.5 Å². The van der Waals surface area contributed by atoms with Crippen molar-refractivity contribution in [2.75, 3.05) is 6.61 Å². The zero-order valence-corrected chi connectivity index (χ0v) is 19.2. The molecule has 0 amide bonds. The van der Waals surface area contributed by atoms with Crippen molar-refractivity contribution in [3.8, 4) is 11.9 Å². The molecule has 10 heteroatoms. The summed E-state index contributed by atoms with van der Waals surface area (Å²) in [7, 11) is 0. The fourth-order valence-corrected chi connectivity index (χ4v) is 3.78. The molecule has 2 aromatic carbocycles. The number of fused-ring (bicyclic) bond motifs is 1. The van der Waals surface area contributed by atoms with E-state index in [0.29, 0.717) is 28.3 Å². The number of carboxylic acids is 1. The number of hydrogen-bond acceptors (Lipinski definition) is 4. The number of ether oxygens (including phenoxy) is 1. The zero-order chi connectivity index (χ0) is 25.9. The molecule has 0 radical (unpaired) electrons. The van der Waals surface area contributed by atoms with Gasteiger partial charge in [0, 0.05) is 41.0 Å². The third-order valence-corrected chi connectivity index (χ3v) is 5.51. The van der Waals surface area contributed by atoms with Crippen LogP contribution in [-0.2, 0) is 6.54 Å². The molecule has 0 aliphatic carbocycles. The van der Waals surface area contributed by atoms with Gasteiger partial charge in [-0.25, -0.2) is 9.78 Å². The number of pyridine rings is 1. The smallest absolute Gasteiger partial charge is 0.422 e. The summed E-state index contributed by atoms with van der Waals surface area (Å²) in [5.74, 6) is -1.19. The molecule has 0 bridgehead atoms. The van der Waals surface area contributed by atoms with Crippen LogP contribution in [0.5, 0.6) is 5.88 Å². The molecule has 4 aromatic rings. The first-order valence-electron chi connectivity index (χ1n) is 10.5. The molecule has 0 atom stereocenters. The maximum absolute atomic E-state index is 12.4. The van der Waals surface area contributed by atoms with E-state index < -0.39 is 18.8 Å². The number of hydrogen-bond donors (Lipinski definition) is 1. The molecule has 2 aromatic heterocycles. The Bertz CT molecular complexity index is 1490. The number of allylic oxidation sites excluding steroid dienone is 1. The lowest BCUT2D eigenvalue weighted by Crippen LogP contribution is -2.19. The van der Waals surface area contributed by atoms with Crippen molar-refractivity contribution in [3.63, 3.8) is 0 Å². The molecule has 182 valence electrons. The minimum absolute atomic E-state index is 0.116. The predicted molar refractivity (Wildman–Crippen MR) is 129 cm³/mol. The summed E-state index contributed by atoms with van der Waals surface area (Å²) < 4.78 is 43.6. The first-order chi connectivity index (χ1) is 17.1. The van der Waals surface area contributed by atoms with Gasteiger partial charge in [-0.05, 0) is 41.5 Å². The SMILES string of the molecule is N#C/C(=C\c1cn(Cc2ccc(OCC(F)(F)F)nc2)c2cc(Cl)ccc12)c1ccc(C(=O)O)cc1. The van der Waals surface area contributed by atoms with Gasteiger partial charge in [0.2, 0.25) is 5.88 Å². The highest BCUT2D eigenvalue weighted by Gasteiger charge is 2.28. The summed E-state index contributed by atoms with van der Waals surface area (Å²) in [5.41, 5.74) is 3.25. The summed E-state index contributed by atoms with van der Waals surface area (Å²) in [6, 6.07) is 16.5. The van der Waals surface area contributed by atoms with E-state index in [9.17, 15) is 23.2 Å². The van der Waals surface area contributed by atoms with Crippen LogP contribution in [0.3, 0.4) is 0 Å². The lowest BCUT2D eigenvalue weighted by Gasteiger charge is -2.09. The number of carboxylic acid groups (broad SMARTS) is 1. The maximum Gasteiger partial charge on any atom is 0.422 e. The fraction of sp³-hybridized carbons (Fsp3) is 0.115. The summed E-state index contributed by atoms with van der Waals surface area (Å²) >= 11 is 6.21. The van der Waals surface area contributed by atoms with Crippen LogP contribution in [0, 0.1) is 11.3 Å². The van der Waals surface area contributed by atoms with Gasteiger partial charge in [0.1, 0.15) is 0 Å². The summed E-state index contributed by atoms with van der Waals surface area (Å²) in [6.45, 7) is -1.08. The van der Waals surface area contributed by atoms with Crippen molar-refractivity contribution in [3.05, 3.63) is 94.3 Å². The standard InChI is InChI=1S/C26H17ClF3N3O3/c27-21-6-7-22-20(9-19(11-31)17-2-4-18(5-3-17)25(34)35)14-33(23(22)10-21)13-16-1-8-24(32-12-16)36-15-26(28,29)30/h1-10,12,14H,13,15H2,(H,34,35)/b19-9+. The normalized spacial score (nSPS) is 11.9. The van der Waals surface area contributed by atoms with Crippen LogP contribution in [0.25, 0.3) is 22.6 Å². The van der Waals surface area contributed by atoms with E-state index in [1.807, 2.05) is 16.8 Å². The number of aromatic nitrogens is 2. The molecule has 0 saturated carbocycles. The molecule has 0 aliphatic heterocycles. The lowest BCUT2D eigenvalue weighted by molar-refractivity contribution is -0.154. The molecule has 4 rings (SSSR count). The highest BCUT2D eigenvalue weighted by atomic mass is 35.5. The first-order valence-corrected chi connectivity index (χ1v) is 10.9. The predicted octanol–water partition coefficient (Wildman–Crippen LogP) is 6.44. The first kappa shape index (κ1) is 24.8. The van der Waals surface area contributed by atoms with E-state index in [2.05, 4.69) is 15.8 Å². The van der Waals surface area contributed by atoms with E-state index >= 15 is 0 Å². The topological polar surface area (TPSA) is 88.1 Å². The van der Waals surface area contributed by atoms with Crippen LogP contribution in [0.4, 0.5) is 13.2 Å². The van der Waals surface area contributed by atoms with Crippen molar-refractivity contribution in [1.82, 2.24) is 9.55 Å². The van der Waals surface area contributed by atoms with Crippen LogP contribution in [-0.4, -0.2) is 33.4 Å². The average molecular weight is 512 g/mol. The van der Waals surface area contributed by atoms with Gasteiger partial charge in [-0.1, -0.05) is 35.9 Å². The zero-order valence-electron chi connectivity index (χ0n) is 18.5. The Morgan fingerprint density at radius 3 is 2.47 bits per heavy atom. The Kier molecular flexibility index (Phi) is 6.99. The Morgan fingerprint density at radius 1 is 1.14 bits per heavy atom. The quantitative estimate of drug-likeness (QED) is 0.288. The van der Waals surface area contributed by atoms with Crippen molar-refractivity contribution in [2.45, 2.75) is 12.7 Å². The van der Waals surface area contributed by atoms with Gasteiger partial charge in [-0.15, -0.1) is 0 Å². The molecule has 0 fully saturated rings. The van der Waals surface area contributed by atoms with Gasteiger partial charge in [0.25, 0.3) is 0 Å². The summed E-state index contributed by atoms with van der Waals surface area (Å²) in [5, 5.41) is 20.2. The second kappa shape index (κ2) is 10.1. The molecule has 0 spiro atoms. The van der Waals surface area contributed by atoms with Crippen LogP contribution in [0.15, 0.2) is 67.0 Å². The van der Waals surface area contributed by atoms with Gasteiger partial charge in [0.15, 0.2) is 6.61 Å². The molecule has 2 heterocycles. The van der Waals surface area contributed by atoms with Crippen molar-refractivity contribution in [1.29, 1.82) is 5.26 Å². The molecule has 0 saturated heterocycles. The molecular weight excluding hydrogens is 495 g/mol. The average Bonchev–Trinajstić information content (AvgIpc) is 3.17. The molecule has 0 unspecified atom stereocenters. The number of nitriles is 1. The number of aromatic carboxylic acids is 1. The second-order valence-corrected chi connectivity index (χ2v) is 8.27. The van der Waals surface area contributed by atoms with Crippen LogP contribution in [0.1, 0.15) is 27.0 Å². The van der Waals surface area contributed by atoms with Gasteiger partial charge in [-0.2, -0.15) is 18.4 Å². The van der Waals surface area contributed by atoms with Gasteiger partial charge < -0.3 is 14.4 Å².